The lowest BCUT2D eigenvalue weighted by Gasteiger charge is -2.37. The predicted octanol–water partition coefficient (Wildman–Crippen LogP) is 5.23. The summed E-state index contributed by atoms with van der Waals surface area (Å²) in [6.45, 7) is 9.89. The maximum absolute atomic E-state index is 12.3. The number of alkyl halides is 2. The van der Waals surface area contributed by atoms with Gasteiger partial charge in [-0.15, -0.1) is 0 Å². The lowest BCUT2D eigenvalue weighted by Crippen LogP contribution is -2.44. The molecule has 0 unspecified atom stereocenters. The summed E-state index contributed by atoms with van der Waals surface area (Å²) in [5, 5.41) is 0.0532. The Morgan fingerprint density at radius 1 is 1.20 bits per heavy atom. The van der Waals surface area contributed by atoms with Crippen molar-refractivity contribution in [2.24, 2.45) is 0 Å². The average molecular weight is 302 g/mol. The minimum Gasteiger partial charge on any atom is -0.543 e. The average Bonchev–Trinajstić information content (AvgIpc) is 2.26. The van der Waals surface area contributed by atoms with Gasteiger partial charge in [-0.25, -0.2) is 0 Å². The van der Waals surface area contributed by atoms with Crippen LogP contribution in [-0.4, -0.2) is 14.9 Å². The first-order valence-electron chi connectivity index (χ1n) is 6.83. The molecule has 0 aliphatic rings. The van der Waals surface area contributed by atoms with E-state index in [2.05, 4.69) is 38.6 Å². The van der Waals surface area contributed by atoms with Crippen LogP contribution < -0.4 is 9.16 Å². The Balaban J connectivity index is 3.08. The van der Waals surface area contributed by atoms with Crippen LogP contribution in [0, 0.1) is 0 Å². The molecule has 0 saturated heterocycles. The number of rotatable bonds is 5. The van der Waals surface area contributed by atoms with E-state index < -0.39 is 14.9 Å². The molecule has 0 aliphatic heterocycles. The molecule has 2 nitrogen and oxygen atoms in total. The van der Waals surface area contributed by atoms with Gasteiger partial charge in [0.1, 0.15) is 11.5 Å². The van der Waals surface area contributed by atoms with Gasteiger partial charge in [-0.3, -0.25) is 0 Å². The molecular formula is C15H24F2O2Si. The number of benzene rings is 1. The van der Waals surface area contributed by atoms with Crippen molar-refractivity contribution in [3.63, 3.8) is 0 Å². The van der Waals surface area contributed by atoms with Crippen LogP contribution in [0.4, 0.5) is 8.78 Å². The molecule has 0 amide bonds. The molecule has 0 aromatic heterocycles. The van der Waals surface area contributed by atoms with Crippen molar-refractivity contribution in [1.82, 2.24) is 0 Å². The van der Waals surface area contributed by atoms with E-state index in [4.69, 9.17) is 4.43 Å². The number of aryl methyl sites for hydroxylation is 1. The van der Waals surface area contributed by atoms with Gasteiger partial charge in [0, 0.05) is 6.07 Å². The van der Waals surface area contributed by atoms with Crippen LogP contribution >= 0.6 is 0 Å². The van der Waals surface area contributed by atoms with Crippen molar-refractivity contribution in [3.05, 3.63) is 23.8 Å². The van der Waals surface area contributed by atoms with Gasteiger partial charge in [0.05, 0.1) is 0 Å². The molecular weight excluding hydrogens is 278 g/mol. The number of halogens is 2. The summed E-state index contributed by atoms with van der Waals surface area (Å²) in [7, 11) is -2.00. The Kier molecular flexibility index (Phi) is 5.19. The van der Waals surface area contributed by atoms with Crippen LogP contribution in [0.15, 0.2) is 18.2 Å². The van der Waals surface area contributed by atoms with Crippen molar-refractivity contribution in [2.75, 3.05) is 0 Å². The van der Waals surface area contributed by atoms with Crippen LogP contribution in [0.5, 0.6) is 11.5 Å². The molecule has 0 heterocycles. The second-order valence-corrected chi connectivity index (χ2v) is 11.1. The fraction of sp³-hybridized carbons (Fsp3) is 0.600. The topological polar surface area (TPSA) is 18.5 Å². The van der Waals surface area contributed by atoms with Gasteiger partial charge in [0.25, 0.3) is 0 Å². The number of hydrogen-bond donors (Lipinski definition) is 0. The summed E-state index contributed by atoms with van der Waals surface area (Å²) >= 11 is 0. The minimum absolute atomic E-state index is 0.0532. The van der Waals surface area contributed by atoms with E-state index >= 15 is 0 Å². The molecule has 0 N–H and O–H groups in total. The molecule has 0 fully saturated rings. The van der Waals surface area contributed by atoms with Crippen molar-refractivity contribution in [2.45, 2.75) is 58.9 Å². The Hall–Kier alpha value is -1.10. The fourth-order valence-electron chi connectivity index (χ4n) is 1.53. The maximum atomic E-state index is 12.3. The second-order valence-electron chi connectivity index (χ2n) is 6.36. The van der Waals surface area contributed by atoms with Gasteiger partial charge < -0.3 is 9.16 Å². The number of ether oxygens (including phenoxy) is 1. The predicted molar refractivity (Wildman–Crippen MR) is 80.3 cm³/mol. The van der Waals surface area contributed by atoms with E-state index in [0.29, 0.717) is 5.75 Å². The van der Waals surface area contributed by atoms with E-state index in [-0.39, 0.29) is 10.8 Å². The van der Waals surface area contributed by atoms with Gasteiger partial charge >= 0.3 is 6.61 Å². The van der Waals surface area contributed by atoms with Crippen LogP contribution in [0.25, 0.3) is 0 Å². The highest BCUT2D eigenvalue weighted by molar-refractivity contribution is 6.74. The molecule has 0 saturated carbocycles. The lowest BCUT2D eigenvalue weighted by molar-refractivity contribution is -0.0499. The van der Waals surface area contributed by atoms with Gasteiger partial charge in [0.2, 0.25) is 8.32 Å². The first-order chi connectivity index (χ1) is 9.06. The highest BCUT2D eigenvalue weighted by Crippen LogP contribution is 2.39. The normalized spacial score (nSPS) is 12.7. The zero-order chi connectivity index (χ0) is 15.6. The smallest absolute Gasteiger partial charge is 0.387 e. The van der Waals surface area contributed by atoms with E-state index in [9.17, 15) is 8.78 Å². The Morgan fingerprint density at radius 3 is 2.25 bits per heavy atom. The molecule has 114 valence electrons. The van der Waals surface area contributed by atoms with E-state index in [1.165, 1.54) is 0 Å². The third kappa shape index (κ3) is 4.20. The first-order valence-corrected chi connectivity index (χ1v) is 9.74. The maximum Gasteiger partial charge on any atom is 0.387 e. The monoisotopic (exact) mass is 302 g/mol. The third-order valence-electron chi connectivity index (χ3n) is 3.82. The number of hydrogen-bond acceptors (Lipinski definition) is 2. The van der Waals surface area contributed by atoms with Gasteiger partial charge in [0.15, 0.2) is 0 Å². The Labute approximate surface area is 121 Å². The van der Waals surface area contributed by atoms with E-state index in [1.54, 1.807) is 18.2 Å². The molecule has 0 spiro atoms. The third-order valence-corrected chi connectivity index (χ3v) is 8.16. The summed E-state index contributed by atoms with van der Waals surface area (Å²) in [4.78, 5) is 0. The molecule has 0 atom stereocenters. The van der Waals surface area contributed by atoms with E-state index in [0.717, 1.165) is 12.0 Å². The Bertz CT molecular complexity index is 454. The molecule has 1 rings (SSSR count). The first kappa shape index (κ1) is 16.9. The molecule has 0 bridgehead atoms. The summed E-state index contributed by atoms with van der Waals surface area (Å²) < 4.78 is 35.3. The molecule has 1 aromatic rings. The van der Waals surface area contributed by atoms with Gasteiger partial charge in [-0.2, -0.15) is 8.78 Å². The quantitative estimate of drug-likeness (QED) is 0.693. The van der Waals surface area contributed by atoms with Gasteiger partial charge in [-0.1, -0.05) is 33.8 Å². The highest BCUT2D eigenvalue weighted by atomic mass is 28.4. The summed E-state index contributed by atoms with van der Waals surface area (Å²) in [5.41, 5.74) is 1.01. The lowest BCUT2D eigenvalue weighted by atomic mass is 10.1. The summed E-state index contributed by atoms with van der Waals surface area (Å²) in [6, 6.07) is 4.93. The van der Waals surface area contributed by atoms with Crippen molar-refractivity contribution in [3.8, 4) is 11.5 Å². The summed E-state index contributed by atoms with van der Waals surface area (Å²) in [5.74, 6) is 0.808. The van der Waals surface area contributed by atoms with Crippen LogP contribution in [-0.2, 0) is 6.42 Å². The molecule has 5 heteroatoms. The van der Waals surface area contributed by atoms with Crippen molar-refractivity contribution >= 4 is 8.32 Å². The molecule has 20 heavy (non-hydrogen) atoms. The molecule has 0 radical (unpaired) electrons. The van der Waals surface area contributed by atoms with E-state index in [1.807, 2.05) is 6.92 Å². The van der Waals surface area contributed by atoms with Crippen LogP contribution in [0.2, 0.25) is 18.1 Å². The van der Waals surface area contributed by atoms with Crippen molar-refractivity contribution < 1.29 is 17.9 Å². The highest BCUT2D eigenvalue weighted by Gasteiger charge is 2.39. The second kappa shape index (κ2) is 6.12. The largest absolute Gasteiger partial charge is 0.543 e. The Morgan fingerprint density at radius 2 is 1.80 bits per heavy atom. The fourth-order valence-corrected chi connectivity index (χ4v) is 2.57. The zero-order valence-corrected chi connectivity index (χ0v) is 14.1. The standard InChI is InChI=1S/C15H24F2O2Si/c1-7-11-8-9-12(18-14(16)17)10-13(11)19-20(5,6)15(2,3)4/h8-10,14H,7H2,1-6H3. The van der Waals surface area contributed by atoms with Crippen LogP contribution in [0.1, 0.15) is 33.3 Å². The van der Waals surface area contributed by atoms with Gasteiger partial charge in [-0.05, 0) is 36.2 Å². The van der Waals surface area contributed by atoms with Crippen molar-refractivity contribution in [1.29, 1.82) is 0 Å². The zero-order valence-electron chi connectivity index (χ0n) is 13.1. The summed E-state index contributed by atoms with van der Waals surface area (Å²) in [6.07, 6.45) is 0.791. The minimum atomic E-state index is -2.82. The molecule has 0 aliphatic carbocycles. The van der Waals surface area contributed by atoms with Crippen LogP contribution in [0.3, 0.4) is 0 Å². The SMILES string of the molecule is CCc1ccc(OC(F)F)cc1O[Si](C)(C)C(C)(C)C. The molecule has 1 aromatic carbocycles.